The lowest BCUT2D eigenvalue weighted by Crippen LogP contribution is -1.84. The number of aryl methyl sites for hydroxylation is 1. The second-order valence-corrected chi connectivity index (χ2v) is 4.96. The lowest BCUT2D eigenvalue weighted by atomic mass is 10.1. The summed E-state index contributed by atoms with van der Waals surface area (Å²) in [6.07, 6.45) is 5.43. The Bertz CT molecular complexity index is 521. The van der Waals surface area contributed by atoms with Crippen LogP contribution in [-0.4, -0.2) is 5.16 Å². The van der Waals surface area contributed by atoms with E-state index in [0.29, 0.717) is 10.7 Å². The summed E-state index contributed by atoms with van der Waals surface area (Å²) in [5, 5.41) is 4.53. The highest BCUT2D eigenvalue weighted by Crippen LogP contribution is 2.31. The third kappa shape index (κ3) is 3.57. The molecule has 0 aliphatic carbocycles. The van der Waals surface area contributed by atoms with E-state index in [1.165, 1.54) is 31.4 Å². The van der Waals surface area contributed by atoms with E-state index >= 15 is 0 Å². The monoisotopic (exact) mass is 281 g/mol. The van der Waals surface area contributed by atoms with Gasteiger partial charge in [-0.3, -0.25) is 0 Å². The molecule has 0 aliphatic rings. The zero-order valence-corrected chi connectivity index (χ0v) is 11.7. The van der Waals surface area contributed by atoms with Crippen LogP contribution in [-0.2, 0) is 6.42 Å². The van der Waals surface area contributed by atoms with Crippen molar-refractivity contribution in [3.8, 4) is 11.3 Å². The maximum atomic E-state index is 12.9. The molecule has 19 heavy (non-hydrogen) atoms. The second-order valence-electron chi connectivity index (χ2n) is 4.59. The molecule has 1 aromatic heterocycles. The van der Waals surface area contributed by atoms with Crippen LogP contribution in [0.3, 0.4) is 0 Å². The van der Waals surface area contributed by atoms with E-state index in [1.54, 1.807) is 12.1 Å². The molecule has 0 atom stereocenters. The number of nitrogens with zero attached hydrogens (tertiary/aromatic N) is 1. The molecule has 0 bridgehead atoms. The summed E-state index contributed by atoms with van der Waals surface area (Å²) in [7, 11) is 0. The molecule has 0 amide bonds. The van der Waals surface area contributed by atoms with Crippen LogP contribution in [0.15, 0.2) is 28.8 Å². The quantitative estimate of drug-likeness (QED) is 0.675. The lowest BCUT2D eigenvalue weighted by molar-refractivity contribution is 0.381. The lowest BCUT2D eigenvalue weighted by Gasteiger charge is -1.98. The summed E-state index contributed by atoms with van der Waals surface area (Å²) in [6.45, 7) is 2.17. The van der Waals surface area contributed by atoms with Gasteiger partial charge in [0.15, 0.2) is 5.76 Å². The molecule has 0 radical (unpaired) electrons. The fraction of sp³-hybridized carbons (Fsp3) is 0.400. The average molecular weight is 282 g/mol. The van der Waals surface area contributed by atoms with Crippen molar-refractivity contribution in [1.29, 1.82) is 0 Å². The summed E-state index contributed by atoms with van der Waals surface area (Å²) in [5.74, 6) is 0.445. The Balaban J connectivity index is 2.07. The first-order valence-electron chi connectivity index (χ1n) is 6.62. The molecule has 1 aromatic carbocycles. The standard InChI is InChI=1S/C15H17ClFNO/c1-2-3-4-5-6-13-14(16)15(18-19-13)11-7-9-12(17)10-8-11/h7-10H,2-6H2,1H3. The van der Waals surface area contributed by atoms with Crippen LogP contribution in [0.1, 0.15) is 38.4 Å². The number of benzene rings is 1. The third-order valence-electron chi connectivity index (χ3n) is 3.07. The number of hydrogen-bond donors (Lipinski definition) is 0. The van der Waals surface area contributed by atoms with Gasteiger partial charge in [0.2, 0.25) is 0 Å². The van der Waals surface area contributed by atoms with Gasteiger partial charge in [-0.15, -0.1) is 0 Å². The highest BCUT2D eigenvalue weighted by molar-refractivity contribution is 6.33. The van der Waals surface area contributed by atoms with Crippen LogP contribution >= 0.6 is 11.6 Å². The zero-order valence-electron chi connectivity index (χ0n) is 11.0. The SMILES string of the molecule is CCCCCCc1onc(-c2ccc(F)cc2)c1Cl. The fourth-order valence-corrected chi connectivity index (χ4v) is 2.24. The van der Waals surface area contributed by atoms with Crippen molar-refractivity contribution in [2.45, 2.75) is 39.0 Å². The van der Waals surface area contributed by atoms with Gasteiger partial charge >= 0.3 is 0 Å². The minimum Gasteiger partial charge on any atom is -0.359 e. The summed E-state index contributed by atoms with van der Waals surface area (Å²) < 4.78 is 18.2. The molecule has 0 aliphatic heterocycles. The molecule has 4 heteroatoms. The summed E-state index contributed by atoms with van der Waals surface area (Å²) >= 11 is 6.26. The molecular formula is C15H17ClFNO. The van der Waals surface area contributed by atoms with Crippen LogP contribution in [0.4, 0.5) is 4.39 Å². The Morgan fingerprint density at radius 2 is 1.89 bits per heavy atom. The van der Waals surface area contributed by atoms with Crippen molar-refractivity contribution in [2.24, 2.45) is 0 Å². The Hall–Kier alpha value is -1.35. The van der Waals surface area contributed by atoms with E-state index in [9.17, 15) is 4.39 Å². The first-order chi connectivity index (χ1) is 9.22. The van der Waals surface area contributed by atoms with Crippen LogP contribution in [0.5, 0.6) is 0 Å². The summed E-state index contributed by atoms with van der Waals surface area (Å²) in [4.78, 5) is 0. The minimum absolute atomic E-state index is 0.275. The van der Waals surface area contributed by atoms with Gasteiger partial charge in [-0.1, -0.05) is 42.9 Å². The topological polar surface area (TPSA) is 26.0 Å². The number of unbranched alkanes of at least 4 members (excludes halogenated alkanes) is 3. The molecule has 0 spiro atoms. The Labute approximate surface area is 117 Å². The van der Waals surface area contributed by atoms with E-state index in [-0.39, 0.29) is 5.82 Å². The van der Waals surface area contributed by atoms with Crippen molar-refractivity contribution >= 4 is 11.6 Å². The summed E-state index contributed by atoms with van der Waals surface area (Å²) in [5.41, 5.74) is 1.36. The van der Waals surface area contributed by atoms with Gasteiger partial charge in [0.1, 0.15) is 16.5 Å². The zero-order chi connectivity index (χ0) is 13.7. The van der Waals surface area contributed by atoms with Gasteiger partial charge in [-0.25, -0.2) is 4.39 Å². The van der Waals surface area contributed by atoms with E-state index < -0.39 is 0 Å². The van der Waals surface area contributed by atoms with Crippen molar-refractivity contribution in [1.82, 2.24) is 5.16 Å². The van der Waals surface area contributed by atoms with Crippen LogP contribution < -0.4 is 0 Å². The Morgan fingerprint density at radius 1 is 1.16 bits per heavy atom. The smallest absolute Gasteiger partial charge is 0.155 e. The van der Waals surface area contributed by atoms with Gasteiger partial charge in [-0.05, 0) is 30.7 Å². The van der Waals surface area contributed by atoms with Crippen LogP contribution in [0.2, 0.25) is 5.02 Å². The molecule has 2 nitrogen and oxygen atoms in total. The number of rotatable bonds is 6. The molecule has 1 heterocycles. The molecule has 2 rings (SSSR count). The molecule has 0 saturated carbocycles. The Morgan fingerprint density at radius 3 is 2.58 bits per heavy atom. The van der Waals surface area contributed by atoms with Gasteiger partial charge in [0.05, 0.1) is 0 Å². The van der Waals surface area contributed by atoms with Crippen LogP contribution in [0, 0.1) is 5.82 Å². The Kier molecular flexibility index (Phi) is 4.97. The molecule has 0 N–H and O–H groups in total. The highest BCUT2D eigenvalue weighted by Gasteiger charge is 2.15. The van der Waals surface area contributed by atoms with Gasteiger partial charge in [-0.2, -0.15) is 0 Å². The van der Waals surface area contributed by atoms with Gasteiger partial charge in [0.25, 0.3) is 0 Å². The van der Waals surface area contributed by atoms with Crippen molar-refractivity contribution in [3.63, 3.8) is 0 Å². The highest BCUT2D eigenvalue weighted by atomic mass is 35.5. The predicted molar refractivity (Wildman–Crippen MR) is 74.8 cm³/mol. The normalized spacial score (nSPS) is 10.9. The molecule has 0 fully saturated rings. The van der Waals surface area contributed by atoms with Gasteiger partial charge in [0, 0.05) is 12.0 Å². The van der Waals surface area contributed by atoms with Crippen molar-refractivity contribution < 1.29 is 8.91 Å². The molecule has 2 aromatic rings. The number of aromatic nitrogens is 1. The number of halogens is 2. The predicted octanol–water partition coefficient (Wildman–Crippen LogP) is 5.26. The summed E-state index contributed by atoms with van der Waals surface area (Å²) in [6, 6.07) is 6.09. The fourth-order valence-electron chi connectivity index (χ4n) is 1.97. The van der Waals surface area contributed by atoms with E-state index in [2.05, 4.69) is 12.1 Å². The minimum atomic E-state index is -0.275. The third-order valence-corrected chi connectivity index (χ3v) is 3.46. The maximum absolute atomic E-state index is 12.9. The van der Waals surface area contributed by atoms with E-state index in [1.807, 2.05) is 0 Å². The first kappa shape index (κ1) is 14.1. The molecule has 0 unspecified atom stereocenters. The first-order valence-corrected chi connectivity index (χ1v) is 7.00. The maximum Gasteiger partial charge on any atom is 0.155 e. The molecular weight excluding hydrogens is 265 g/mol. The largest absolute Gasteiger partial charge is 0.359 e. The van der Waals surface area contributed by atoms with E-state index in [0.717, 1.165) is 24.2 Å². The number of hydrogen-bond acceptors (Lipinski definition) is 2. The second kappa shape index (κ2) is 6.71. The van der Waals surface area contributed by atoms with Gasteiger partial charge < -0.3 is 4.52 Å². The van der Waals surface area contributed by atoms with E-state index in [4.69, 9.17) is 16.1 Å². The molecule has 102 valence electrons. The van der Waals surface area contributed by atoms with Crippen molar-refractivity contribution in [3.05, 3.63) is 40.9 Å². The van der Waals surface area contributed by atoms with Crippen molar-refractivity contribution in [2.75, 3.05) is 0 Å². The average Bonchev–Trinajstić information content (AvgIpc) is 2.77. The van der Waals surface area contributed by atoms with Crippen LogP contribution in [0.25, 0.3) is 11.3 Å². The molecule has 0 saturated heterocycles.